The Kier molecular flexibility index (Phi) is 5.05. The van der Waals surface area contributed by atoms with E-state index in [9.17, 15) is 5.11 Å². The second kappa shape index (κ2) is 6.78. The number of rotatable bonds is 5. The van der Waals surface area contributed by atoms with Crippen molar-refractivity contribution in [2.24, 2.45) is 0 Å². The maximum Gasteiger partial charge on any atom is 0.119 e. The first-order chi connectivity index (χ1) is 9.54. The molecule has 1 N–H and O–H groups in total. The molecule has 0 aliphatic rings. The summed E-state index contributed by atoms with van der Waals surface area (Å²) in [6.45, 7) is 4.25. The van der Waals surface area contributed by atoms with E-state index in [1.54, 1.807) is 6.92 Å². The Bertz CT molecular complexity index is 562. The predicted octanol–water partition coefficient (Wildman–Crippen LogP) is 4.15. The van der Waals surface area contributed by atoms with Crippen molar-refractivity contribution in [3.8, 4) is 5.75 Å². The van der Waals surface area contributed by atoms with Crippen LogP contribution in [-0.4, -0.2) is 11.2 Å². The average molecular weight is 291 g/mol. The van der Waals surface area contributed by atoms with Crippen molar-refractivity contribution >= 4 is 11.6 Å². The Morgan fingerprint density at radius 2 is 1.85 bits per heavy atom. The molecule has 0 aromatic heterocycles. The van der Waals surface area contributed by atoms with Crippen molar-refractivity contribution < 1.29 is 9.84 Å². The zero-order valence-electron chi connectivity index (χ0n) is 11.8. The second-order valence-corrected chi connectivity index (χ2v) is 5.49. The number of halogens is 1. The second-order valence-electron chi connectivity index (χ2n) is 5.08. The van der Waals surface area contributed by atoms with Gasteiger partial charge in [-0.15, -0.1) is 0 Å². The van der Waals surface area contributed by atoms with Crippen LogP contribution in [0.25, 0.3) is 0 Å². The van der Waals surface area contributed by atoms with E-state index >= 15 is 0 Å². The molecule has 0 spiro atoms. The van der Waals surface area contributed by atoms with Crippen LogP contribution < -0.4 is 4.74 Å². The highest BCUT2D eigenvalue weighted by atomic mass is 35.5. The molecule has 0 amide bonds. The van der Waals surface area contributed by atoms with Crippen LogP contribution in [-0.2, 0) is 13.0 Å². The number of aryl methyl sites for hydroxylation is 1. The number of aliphatic hydroxyl groups excluding tert-OH is 1. The molecule has 1 unspecified atom stereocenters. The Balaban J connectivity index is 1.96. The minimum atomic E-state index is -0.326. The lowest BCUT2D eigenvalue weighted by molar-refractivity contribution is 0.195. The van der Waals surface area contributed by atoms with E-state index in [0.717, 1.165) is 27.5 Å². The SMILES string of the molecule is Cc1ccc(COc2ccc(CC(C)O)cc2)c(Cl)c1. The van der Waals surface area contributed by atoms with Crippen molar-refractivity contribution in [2.45, 2.75) is 33.0 Å². The Hall–Kier alpha value is -1.51. The smallest absolute Gasteiger partial charge is 0.119 e. The molecule has 2 aromatic carbocycles. The largest absolute Gasteiger partial charge is 0.489 e. The number of ether oxygens (including phenoxy) is 1. The monoisotopic (exact) mass is 290 g/mol. The molecule has 1 atom stereocenters. The third kappa shape index (κ3) is 4.26. The summed E-state index contributed by atoms with van der Waals surface area (Å²) in [6, 6.07) is 13.7. The summed E-state index contributed by atoms with van der Waals surface area (Å²) in [4.78, 5) is 0. The lowest BCUT2D eigenvalue weighted by Crippen LogP contribution is -2.04. The number of hydrogen-bond donors (Lipinski definition) is 1. The molecule has 2 aromatic rings. The Morgan fingerprint density at radius 3 is 2.45 bits per heavy atom. The van der Waals surface area contributed by atoms with Gasteiger partial charge < -0.3 is 9.84 Å². The fraction of sp³-hybridized carbons (Fsp3) is 0.294. The predicted molar refractivity (Wildman–Crippen MR) is 82.3 cm³/mol. The highest BCUT2D eigenvalue weighted by Crippen LogP contribution is 2.20. The summed E-state index contributed by atoms with van der Waals surface area (Å²) in [5.41, 5.74) is 3.22. The molecule has 0 saturated carbocycles. The fourth-order valence-electron chi connectivity index (χ4n) is 1.99. The Labute approximate surface area is 125 Å². The molecule has 20 heavy (non-hydrogen) atoms. The number of aliphatic hydroxyl groups is 1. The van der Waals surface area contributed by atoms with Crippen molar-refractivity contribution in [3.63, 3.8) is 0 Å². The van der Waals surface area contributed by atoms with Gasteiger partial charge in [0.2, 0.25) is 0 Å². The van der Waals surface area contributed by atoms with E-state index in [0.29, 0.717) is 13.0 Å². The minimum absolute atomic E-state index is 0.326. The molecule has 3 heteroatoms. The molecule has 2 nitrogen and oxygen atoms in total. The zero-order chi connectivity index (χ0) is 14.5. The lowest BCUT2D eigenvalue weighted by Gasteiger charge is -2.10. The van der Waals surface area contributed by atoms with Crippen LogP contribution in [0.2, 0.25) is 5.02 Å². The van der Waals surface area contributed by atoms with Crippen LogP contribution in [0.4, 0.5) is 0 Å². The zero-order valence-corrected chi connectivity index (χ0v) is 12.5. The topological polar surface area (TPSA) is 29.5 Å². The van der Waals surface area contributed by atoms with Gasteiger partial charge in [0.25, 0.3) is 0 Å². The summed E-state index contributed by atoms with van der Waals surface area (Å²) in [7, 11) is 0. The van der Waals surface area contributed by atoms with Gasteiger partial charge in [-0.2, -0.15) is 0 Å². The highest BCUT2D eigenvalue weighted by Gasteiger charge is 2.03. The first kappa shape index (κ1) is 14.9. The van der Waals surface area contributed by atoms with Gasteiger partial charge in [-0.05, 0) is 49.6 Å². The average Bonchev–Trinajstić information content (AvgIpc) is 2.39. The first-order valence-corrected chi connectivity index (χ1v) is 7.07. The fourth-order valence-corrected chi connectivity index (χ4v) is 2.28. The molecule has 0 radical (unpaired) electrons. The third-order valence-electron chi connectivity index (χ3n) is 3.06. The van der Waals surface area contributed by atoms with Crippen LogP contribution in [0.5, 0.6) is 5.75 Å². The standard InChI is InChI=1S/C17H19ClO2/c1-12-3-6-15(17(18)9-12)11-20-16-7-4-14(5-8-16)10-13(2)19/h3-9,13,19H,10-11H2,1-2H3. The minimum Gasteiger partial charge on any atom is -0.489 e. The molecular weight excluding hydrogens is 272 g/mol. The van der Waals surface area contributed by atoms with Crippen LogP contribution in [0, 0.1) is 6.92 Å². The van der Waals surface area contributed by atoms with Crippen molar-refractivity contribution in [1.82, 2.24) is 0 Å². The van der Waals surface area contributed by atoms with Gasteiger partial charge in [0.15, 0.2) is 0 Å². The van der Waals surface area contributed by atoms with Crippen LogP contribution in [0.1, 0.15) is 23.6 Å². The number of hydrogen-bond acceptors (Lipinski definition) is 2. The molecule has 0 heterocycles. The molecule has 0 saturated heterocycles. The maximum absolute atomic E-state index is 9.33. The highest BCUT2D eigenvalue weighted by molar-refractivity contribution is 6.31. The van der Waals surface area contributed by atoms with Gasteiger partial charge in [0.05, 0.1) is 6.10 Å². The van der Waals surface area contributed by atoms with Crippen LogP contribution in [0.3, 0.4) is 0 Å². The molecular formula is C17H19ClO2. The van der Waals surface area contributed by atoms with Crippen LogP contribution >= 0.6 is 11.6 Å². The van der Waals surface area contributed by atoms with Gasteiger partial charge in [-0.1, -0.05) is 35.9 Å². The molecule has 0 aliphatic heterocycles. The van der Waals surface area contributed by atoms with Gasteiger partial charge in [0, 0.05) is 10.6 Å². The molecule has 2 rings (SSSR count). The van der Waals surface area contributed by atoms with E-state index in [-0.39, 0.29) is 6.10 Å². The van der Waals surface area contributed by atoms with Crippen molar-refractivity contribution in [3.05, 3.63) is 64.2 Å². The molecule has 0 aliphatic carbocycles. The summed E-state index contributed by atoms with van der Waals surface area (Å²) < 4.78 is 5.73. The maximum atomic E-state index is 9.33. The Morgan fingerprint density at radius 1 is 1.15 bits per heavy atom. The normalized spacial score (nSPS) is 12.2. The van der Waals surface area contributed by atoms with Gasteiger partial charge in [-0.3, -0.25) is 0 Å². The first-order valence-electron chi connectivity index (χ1n) is 6.69. The molecule has 0 fully saturated rings. The summed E-state index contributed by atoms with van der Waals surface area (Å²) >= 11 is 6.17. The van der Waals surface area contributed by atoms with Gasteiger partial charge in [-0.25, -0.2) is 0 Å². The van der Waals surface area contributed by atoms with Crippen LogP contribution in [0.15, 0.2) is 42.5 Å². The van der Waals surface area contributed by atoms with E-state index < -0.39 is 0 Å². The molecule has 0 bridgehead atoms. The van der Waals surface area contributed by atoms with E-state index in [1.807, 2.05) is 49.4 Å². The number of benzene rings is 2. The van der Waals surface area contributed by atoms with Gasteiger partial charge in [0.1, 0.15) is 12.4 Å². The van der Waals surface area contributed by atoms with Crippen molar-refractivity contribution in [2.75, 3.05) is 0 Å². The summed E-state index contributed by atoms with van der Waals surface area (Å²) in [6.07, 6.45) is 0.331. The quantitative estimate of drug-likeness (QED) is 0.896. The summed E-state index contributed by atoms with van der Waals surface area (Å²) in [5.74, 6) is 0.802. The summed E-state index contributed by atoms with van der Waals surface area (Å²) in [5, 5.41) is 10.1. The molecule has 106 valence electrons. The lowest BCUT2D eigenvalue weighted by atomic mass is 10.1. The van der Waals surface area contributed by atoms with E-state index in [1.165, 1.54) is 0 Å². The third-order valence-corrected chi connectivity index (χ3v) is 3.41. The van der Waals surface area contributed by atoms with E-state index in [4.69, 9.17) is 16.3 Å². The van der Waals surface area contributed by atoms with Gasteiger partial charge >= 0.3 is 0 Å². The van der Waals surface area contributed by atoms with E-state index in [2.05, 4.69) is 0 Å². The van der Waals surface area contributed by atoms with Crippen molar-refractivity contribution in [1.29, 1.82) is 0 Å².